The van der Waals surface area contributed by atoms with Crippen molar-refractivity contribution in [3.05, 3.63) is 58.7 Å². The molecule has 1 aromatic carbocycles. The molecule has 0 spiro atoms. The van der Waals surface area contributed by atoms with E-state index < -0.39 is 11.6 Å². The fraction of sp³-hybridized carbons (Fsp3) is 0.630. The lowest BCUT2D eigenvalue weighted by Crippen LogP contribution is -2.25. The second kappa shape index (κ2) is 10.8. The van der Waals surface area contributed by atoms with Crippen molar-refractivity contribution < 1.29 is 13.5 Å². The summed E-state index contributed by atoms with van der Waals surface area (Å²) in [4.78, 5) is 8.97. The van der Waals surface area contributed by atoms with E-state index in [1.165, 1.54) is 5.56 Å². The van der Waals surface area contributed by atoms with Gasteiger partial charge < -0.3 is 4.74 Å². The number of benzene rings is 1. The Labute approximate surface area is 191 Å². The van der Waals surface area contributed by atoms with E-state index in [4.69, 9.17) is 4.74 Å². The van der Waals surface area contributed by atoms with Crippen molar-refractivity contribution in [2.24, 2.45) is 0 Å². The monoisotopic (exact) mass is 442 g/mol. The third kappa shape index (κ3) is 5.19. The Morgan fingerprint density at radius 2 is 1.41 bits per heavy atom. The molecule has 0 bridgehead atoms. The molecule has 2 atom stereocenters. The van der Waals surface area contributed by atoms with Crippen LogP contribution in [0, 0.1) is 11.6 Å². The fourth-order valence-corrected chi connectivity index (χ4v) is 5.48. The van der Waals surface area contributed by atoms with E-state index in [9.17, 15) is 0 Å². The summed E-state index contributed by atoms with van der Waals surface area (Å²) < 4.78 is 36.0. The van der Waals surface area contributed by atoms with Crippen LogP contribution in [0.1, 0.15) is 112 Å². The maximum absolute atomic E-state index is 15.1. The number of ether oxygens (including phenoxy) is 1. The number of aromatic nitrogens is 2. The smallest absolute Gasteiger partial charge is 0.162 e. The molecule has 2 unspecified atom stereocenters. The number of rotatable bonds is 7. The van der Waals surface area contributed by atoms with Crippen LogP contribution in [0.4, 0.5) is 8.78 Å². The van der Waals surface area contributed by atoms with E-state index in [1.807, 2.05) is 24.5 Å². The van der Waals surface area contributed by atoms with E-state index in [0.29, 0.717) is 23.7 Å². The van der Waals surface area contributed by atoms with Gasteiger partial charge in [0.25, 0.3) is 0 Å². The summed E-state index contributed by atoms with van der Waals surface area (Å²) in [5.74, 6) is 0.0297. The highest BCUT2D eigenvalue weighted by molar-refractivity contribution is 5.32. The molecule has 174 valence electrons. The van der Waals surface area contributed by atoms with Crippen molar-refractivity contribution >= 4 is 0 Å². The molecule has 1 aliphatic carbocycles. The third-order valence-corrected chi connectivity index (χ3v) is 7.40. The molecule has 2 aromatic rings. The van der Waals surface area contributed by atoms with E-state index >= 15 is 8.78 Å². The van der Waals surface area contributed by atoms with Gasteiger partial charge in [0.15, 0.2) is 11.6 Å². The van der Waals surface area contributed by atoms with Crippen LogP contribution >= 0.6 is 0 Å². The molecule has 0 radical (unpaired) electrons. The zero-order valence-corrected chi connectivity index (χ0v) is 19.5. The lowest BCUT2D eigenvalue weighted by atomic mass is 9.76. The van der Waals surface area contributed by atoms with Gasteiger partial charge in [-0.15, -0.1) is 0 Å². The van der Waals surface area contributed by atoms with E-state index in [-0.39, 0.29) is 17.9 Å². The van der Waals surface area contributed by atoms with Crippen molar-refractivity contribution in [1.82, 2.24) is 9.97 Å². The number of nitrogens with zero attached hydrogens (tertiary/aromatic N) is 2. The van der Waals surface area contributed by atoms with Crippen LogP contribution in [-0.2, 0) is 11.2 Å². The summed E-state index contributed by atoms with van der Waals surface area (Å²) in [6.07, 6.45) is 13.7. The molecule has 4 rings (SSSR count). The van der Waals surface area contributed by atoms with Gasteiger partial charge in [-0.3, -0.25) is 0 Å². The molecule has 0 N–H and O–H groups in total. The molecule has 2 fully saturated rings. The summed E-state index contributed by atoms with van der Waals surface area (Å²) in [6.45, 7) is 4.76. The van der Waals surface area contributed by atoms with Gasteiger partial charge >= 0.3 is 0 Å². The molecule has 3 nitrogen and oxygen atoms in total. The number of aryl methyl sites for hydroxylation is 1. The Hall–Kier alpha value is -1.88. The minimum absolute atomic E-state index is 0.0435. The van der Waals surface area contributed by atoms with Crippen LogP contribution in [0.2, 0.25) is 0 Å². The van der Waals surface area contributed by atoms with Gasteiger partial charge in [-0.2, -0.15) is 0 Å². The zero-order chi connectivity index (χ0) is 22.5. The maximum atomic E-state index is 15.1. The normalized spacial score (nSPS) is 26.2. The fourth-order valence-electron chi connectivity index (χ4n) is 5.48. The second-order valence-electron chi connectivity index (χ2n) is 9.62. The first-order valence-corrected chi connectivity index (χ1v) is 12.5. The number of hydrogen-bond donors (Lipinski definition) is 0. The van der Waals surface area contributed by atoms with E-state index in [0.717, 1.165) is 70.0 Å². The predicted molar refractivity (Wildman–Crippen MR) is 123 cm³/mol. The number of hydrogen-bond acceptors (Lipinski definition) is 3. The minimum Gasteiger partial charge on any atom is -0.378 e. The van der Waals surface area contributed by atoms with Gasteiger partial charge in [-0.1, -0.05) is 32.4 Å². The Balaban J connectivity index is 1.38. The van der Waals surface area contributed by atoms with Crippen molar-refractivity contribution in [3.63, 3.8) is 0 Å². The molecule has 32 heavy (non-hydrogen) atoms. The summed E-state index contributed by atoms with van der Waals surface area (Å²) >= 11 is 0. The van der Waals surface area contributed by atoms with Gasteiger partial charge in [0.05, 0.1) is 12.7 Å². The highest BCUT2D eigenvalue weighted by Gasteiger charge is 2.30. The maximum Gasteiger partial charge on any atom is 0.162 e. The van der Waals surface area contributed by atoms with Crippen LogP contribution in [0.15, 0.2) is 24.5 Å². The summed E-state index contributed by atoms with van der Waals surface area (Å²) in [7, 11) is 0. The first kappa shape index (κ1) is 23.3. The molecule has 1 saturated carbocycles. The van der Waals surface area contributed by atoms with Gasteiger partial charge in [-0.05, 0) is 79.9 Å². The minimum atomic E-state index is -0.660. The second-order valence-corrected chi connectivity index (χ2v) is 9.62. The number of halogens is 2. The van der Waals surface area contributed by atoms with Crippen molar-refractivity contribution in [2.75, 3.05) is 6.61 Å². The summed E-state index contributed by atoms with van der Waals surface area (Å²) in [6, 6.07) is 3.65. The van der Waals surface area contributed by atoms with Crippen LogP contribution in [0.25, 0.3) is 0 Å². The first-order chi connectivity index (χ1) is 15.6. The highest BCUT2D eigenvalue weighted by Crippen LogP contribution is 2.42. The Kier molecular flexibility index (Phi) is 7.88. The Morgan fingerprint density at radius 3 is 1.97 bits per heavy atom. The largest absolute Gasteiger partial charge is 0.378 e. The van der Waals surface area contributed by atoms with Crippen molar-refractivity contribution in [1.29, 1.82) is 0 Å². The predicted octanol–water partition coefficient (Wildman–Crippen LogP) is 7.21. The van der Waals surface area contributed by atoms with Gasteiger partial charge in [-0.25, -0.2) is 18.7 Å². The topological polar surface area (TPSA) is 35.0 Å². The lowest BCUT2D eigenvalue weighted by Gasteiger charge is -2.31. The molecule has 1 aromatic heterocycles. The van der Waals surface area contributed by atoms with E-state index in [1.54, 1.807) is 0 Å². The van der Waals surface area contributed by atoms with Crippen molar-refractivity contribution in [3.8, 4) is 0 Å². The Bertz CT molecular complexity index is 870. The quantitative estimate of drug-likeness (QED) is 0.454. The average molecular weight is 443 g/mol. The Morgan fingerprint density at radius 1 is 0.812 bits per heavy atom. The first-order valence-electron chi connectivity index (χ1n) is 12.5. The molecule has 2 aliphatic rings. The van der Waals surface area contributed by atoms with E-state index in [2.05, 4.69) is 23.8 Å². The van der Waals surface area contributed by atoms with Crippen LogP contribution < -0.4 is 0 Å². The molecule has 2 heterocycles. The molecule has 5 heteroatoms. The van der Waals surface area contributed by atoms with Crippen LogP contribution in [-0.4, -0.2) is 22.7 Å². The van der Waals surface area contributed by atoms with Crippen molar-refractivity contribution in [2.45, 2.75) is 102 Å². The molecule has 1 saturated heterocycles. The standard InChI is InChI=1S/C27H36F2N2O/c1-3-5-22-12-11-20(17-32-22)24-14-13-23(26(28)27(24)29)19-9-7-18(8-10-19)21-15-30-25(6-4-2)31-16-21/h13-16,18-20,22H,3-12,17H2,1-2H3. The van der Waals surface area contributed by atoms with Gasteiger partial charge in [0, 0.05) is 24.7 Å². The summed E-state index contributed by atoms with van der Waals surface area (Å²) in [5.41, 5.74) is 2.20. The molecular formula is C27H36F2N2O. The van der Waals surface area contributed by atoms with Crippen LogP contribution in [0.5, 0.6) is 0 Å². The molecule has 0 amide bonds. The third-order valence-electron chi connectivity index (χ3n) is 7.40. The van der Waals surface area contributed by atoms with Gasteiger partial charge in [0.1, 0.15) is 5.82 Å². The lowest BCUT2D eigenvalue weighted by molar-refractivity contribution is -0.00183. The average Bonchev–Trinajstić information content (AvgIpc) is 2.83. The SMILES string of the molecule is CCCc1ncc(C2CCC(c3ccc(C4CCC(CCC)OC4)c(F)c3F)CC2)cn1. The zero-order valence-electron chi connectivity index (χ0n) is 19.5. The van der Waals surface area contributed by atoms with Gasteiger partial charge in [0.2, 0.25) is 0 Å². The molecular weight excluding hydrogens is 406 g/mol. The molecule has 1 aliphatic heterocycles. The highest BCUT2D eigenvalue weighted by atomic mass is 19.2. The summed E-state index contributed by atoms with van der Waals surface area (Å²) in [5, 5.41) is 0. The van der Waals surface area contributed by atoms with Crippen LogP contribution in [0.3, 0.4) is 0 Å².